The van der Waals surface area contributed by atoms with Crippen LogP contribution < -0.4 is 10.6 Å². The fraction of sp³-hybridized carbons (Fsp3) is 0.267. The number of esters is 1. The summed E-state index contributed by atoms with van der Waals surface area (Å²) in [5, 5.41) is 24.5. The monoisotopic (exact) mass is 330 g/mol. The summed E-state index contributed by atoms with van der Waals surface area (Å²) < 4.78 is 5.01. The van der Waals surface area contributed by atoms with Crippen molar-refractivity contribution >= 4 is 17.7 Å². The van der Waals surface area contributed by atoms with Crippen LogP contribution in [0.1, 0.15) is 24.9 Å². The number of nitriles is 1. The molecule has 1 aliphatic heterocycles. The fourth-order valence-electron chi connectivity index (χ4n) is 2.30. The number of carbonyl (C=O) groups excluding carboxylic acids is 2. The van der Waals surface area contributed by atoms with Crippen molar-refractivity contribution in [3.05, 3.63) is 51.2 Å². The molecule has 9 heteroatoms. The standard InChI is InChI=1S/C15H14N4O5/c1-9-12(14(20)24-7-3-6-16)13(18-15(21)17-9)10-4-2-5-11(8-10)19(22)23/h2,4-5,8,13H,3,7H2,1H3,(H2,17,18,21). The van der Waals surface area contributed by atoms with Crippen LogP contribution in [0.25, 0.3) is 0 Å². The minimum absolute atomic E-state index is 0.0410. The first-order valence-electron chi connectivity index (χ1n) is 7.00. The first-order valence-corrected chi connectivity index (χ1v) is 7.00. The summed E-state index contributed by atoms with van der Waals surface area (Å²) in [6, 6.07) is 6.08. The number of rotatable bonds is 5. The second kappa shape index (κ2) is 7.23. The maximum absolute atomic E-state index is 12.3. The first-order chi connectivity index (χ1) is 11.4. The molecule has 2 amide bonds. The van der Waals surface area contributed by atoms with E-state index in [9.17, 15) is 19.7 Å². The van der Waals surface area contributed by atoms with E-state index in [0.29, 0.717) is 5.56 Å². The van der Waals surface area contributed by atoms with Gasteiger partial charge in [0.25, 0.3) is 5.69 Å². The summed E-state index contributed by atoms with van der Waals surface area (Å²) in [7, 11) is 0. The molecule has 1 aromatic rings. The van der Waals surface area contributed by atoms with E-state index in [1.54, 1.807) is 6.07 Å². The van der Waals surface area contributed by atoms with E-state index in [1.165, 1.54) is 25.1 Å². The number of hydrogen-bond acceptors (Lipinski definition) is 6. The molecule has 0 saturated carbocycles. The van der Waals surface area contributed by atoms with E-state index < -0.39 is 23.0 Å². The van der Waals surface area contributed by atoms with Crippen molar-refractivity contribution in [1.82, 2.24) is 10.6 Å². The summed E-state index contributed by atoms with van der Waals surface area (Å²) >= 11 is 0. The van der Waals surface area contributed by atoms with Gasteiger partial charge in [0.2, 0.25) is 0 Å². The number of nitrogens with zero attached hydrogens (tertiary/aromatic N) is 2. The van der Waals surface area contributed by atoms with Gasteiger partial charge in [-0.3, -0.25) is 10.1 Å². The van der Waals surface area contributed by atoms with Crippen molar-refractivity contribution in [3.8, 4) is 6.07 Å². The van der Waals surface area contributed by atoms with Gasteiger partial charge in [-0.2, -0.15) is 5.26 Å². The Kier molecular flexibility index (Phi) is 5.11. The number of nitro groups is 1. The Morgan fingerprint density at radius 1 is 1.50 bits per heavy atom. The molecule has 1 atom stereocenters. The van der Waals surface area contributed by atoms with Crippen molar-refractivity contribution in [2.75, 3.05) is 6.61 Å². The van der Waals surface area contributed by atoms with Crippen LogP contribution in [0.4, 0.5) is 10.5 Å². The van der Waals surface area contributed by atoms with E-state index in [1.807, 2.05) is 6.07 Å². The zero-order valence-corrected chi connectivity index (χ0v) is 12.7. The largest absolute Gasteiger partial charge is 0.461 e. The number of non-ortho nitro benzene ring substituents is 1. The summed E-state index contributed by atoms with van der Waals surface area (Å²) in [6.45, 7) is 1.45. The molecule has 124 valence electrons. The minimum atomic E-state index is -0.881. The SMILES string of the molecule is CC1=C(C(=O)OCCC#N)C(c2cccc([N+](=O)[O-])c2)NC(=O)N1. The van der Waals surface area contributed by atoms with Gasteiger partial charge in [0.15, 0.2) is 0 Å². The van der Waals surface area contributed by atoms with Crippen LogP contribution in [0.3, 0.4) is 0 Å². The predicted octanol–water partition coefficient (Wildman–Crippen LogP) is 1.68. The zero-order valence-electron chi connectivity index (χ0n) is 12.7. The van der Waals surface area contributed by atoms with Crippen LogP contribution in [0.5, 0.6) is 0 Å². The topological polar surface area (TPSA) is 134 Å². The highest BCUT2D eigenvalue weighted by atomic mass is 16.6. The van der Waals surface area contributed by atoms with Gasteiger partial charge in [0.05, 0.1) is 29.0 Å². The molecular weight excluding hydrogens is 316 g/mol. The lowest BCUT2D eigenvalue weighted by atomic mass is 9.95. The Balaban J connectivity index is 2.38. The molecule has 2 rings (SSSR count). The summed E-state index contributed by atoms with van der Waals surface area (Å²) in [6.07, 6.45) is 0.0410. The van der Waals surface area contributed by atoms with Gasteiger partial charge >= 0.3 is 12.0 Å². The Bertz CT molecular complexity index is 765. The molecule has 0 fully saturated rings. The third-order valence-corrected chi connectivity index (χ3v) is 3.35. The van der Waals surface area contributed by atoms with Crippen LogP contribution in [0, 0.1) is 21.4 Å². The van der Waals surface area contributed by atoms with Gasteiger partial charge in [-0.1, -0.05) is 12.1 Å². The van der Waals surface area contributed by atoms with Gasteiger partial charge in [-0.15, -0.1) is 0 Å². The molecule has 1 aromatic carbocycles. The molecule has 0 bridgehead atoms. The molecule has 1 aliphatic rings. The van der Waals surface area contributed by atoms with E-state index in [4.69, 9.17) is 10.00 Å². The van der Waals surface area contributed by atoms with E-state index in [0.717, 1.165) is 0 Å². The van der Waals surface area contributed by atoms with E-state index in [-0.39, 0.29) is 30.0 Å². The number of urea groups is 1. The lowest BCUT2D eigenvalue weighted by Gasteiger charge is -2.28. The molecule has 0 spiro atoms. The Morgan fingerprint density at radius 3 is 2.92 bits per heavy atom. The molecule has 0 aromatic heterocycles. The molecular formula is C15H14N4O5. The van der Waals surface area contributed by atoms with Crippen LogP contribution in [0.2, 0.25) is 0 Å². The summed E-state index contributed by atoms with van der Waals surface area (Å²) in [5.74, 6) is -0.702. The van der Waals surface area contributed by atoms with Gasteiger partial charge in [-0.25, -0.2) is 9.59 Å². The number of allylic oxidation sites excluding steroid dienone is 1. The van der Waals surface area contributed by atoms with Crippen molar-refractivity contribution in [2.24, 2.45) is 0 Å². The number of benzene rings is 1. The Morgan fingerprint density at radius 2 is 2.25 bits per heavy atom. The molecule has 1 heterocycles. The quantitative estimate of drug-likeness (QED) is 0.365. The van der Waals surface area contributed by atoms with Crippen molar-refractivity contribution in [2.45, 2.75) is 19.4 Å². The number of ether oxygens (including phenoxy) is 1. The molecule has 24 heavy (non-hydrogen) atoms. The molecule has 0 aliphatic carbocycles. The number of nitro benzene ring substituents is 1. The molecule has 9 nitrogen and oxygen atoms in total. The zero-order chi connectivity index (χ0) is 17.7. The van der Waals surface area contributed by atoms with Gasteiger partial charge in [-0.05, 0) is 12.5 Å². The smallest absolute Gasteiger partial charge is 0.338 e. The first kappa shape index (κ1) is 17.0. The van der Waals surface area contributed by atoms with Crippen molar-refractivity contribution in [1.29, 1.82) is 5.26 Å². The van der Waals surface area contributed by atoms with Crippen LogP contribution in [-0.4, -0.2) is 23.5 Å². The summed E-state index contributed by atoms with van der Waals surface area (Å²) in [5.41, 5.74) is 0.644. The average Bonchev–Trinajstić information content (AvgIpc) is 2.54. The van der Waals surface area contributed by atoms with Crippen LogP contribution in [-0.2, 0) is 9.53 Å². The number of amides is 2. The third-order valence-electron chi connectivity index (χ3n) is 3.35. The van der Waals surface area contributed by atoms with Crippen molar-refractivity contribution in [3.63, 3.8) is 0 Å². The number of nitrogens with one attached hydrogen (secondary N) is 2. The fourth-order valence-corrected chi connectivity index (χ4v) is 2.30. The van der Waals surface area contributed by atoms with Crippen LogP contribution >= 0.6 is 0 Å². The molecule has 2 N–H and O–H groups in total. The second-order valence-electron chi connectivity index (χ2n) is 4.97. The van der Waals surface area contributed by atoms with Crippen molar-refractivity contribution < 1.29 is 19.2 Å². The van der Waals surface area contributed by atoms with Crippen LogP contribution in [0.15, 0.2) is 35.5 Å². The average molecular weight is 330 g/mol. The van der Waals surface area contributed by atoms with Gasteiger partial charge in [0, 0.05) is 17.8 Å². The highest BCUT2D eigenvalue weighted by Crippen LogP contribution is 2.29. The lowest BCUT2D eigenvalue weighted by molar-refractivity contribution is -0.384. The van der Waals surface area contributed by atoms with Gasteiger partial charge in [0.1, 0.15) is 6.61 Å². The predicted molar refractivity (Wildman–Crippen MR) is 81.4 cm³/mol. The third kappa shape index (κ3) is 3.67. The number of hydrogen-bond donors (Lipinski definition) is 2. The van der Waals surface area contributed by atoms with E-state index in [2.05, 4.69) is 10.6 Å². The molecule has 1 unspecified atom stereocenters. The van der Waals surface area contributed by atoms with Gasteiger partial charge < -0.3 is 15.4 Å². The minimum Gasteiger partial charge on any atom is -0.461 e. The highest BCUT2D eigenvalue weighted by molar-refractivity contribution is 5.95. The normalized spacial score (nSPS) is 16.7. The number of carbonyl (C=O) groups is 2. The Hall–Kier alpha value is -3.41. The molecule has 0 saturated heterocycles. The Labute approximate surface area is 137 Å². The lowest BCUT2D eigenvalue weighted by Crippen LogP contribution is -2.45. The maximum atomic E-state index is 12.3. The highest BCUT2D eigenvalue weighted by Gasteiger charge is 2.32. The second-order valence-corrected chi connectivity index (χ2v) is 4.97. The van der Waals surface area contributed by atoms with E-state index >= 15 is 0 Å². The maximum Gasteiger partial charge on any atom is 0.338 e. The molecule has 0 radical (unpaired) electrons. The summed E-state index contributed by atoms with van der Waals surface area (Å²) in [4.78, 5) is 34.4.